The van der Waals surface area contributed by atoms with Crippen molar-refractivity contribution in [2.75, 3.05) is 20.2 Å². The molecule has 1 N–H and O–H groups in total. The van der Waals surface area contributed by atoms with Crippen LogP contribution in [0.15, 0.2) is 24.3 Å². The summed E-state index contributed by atoms with van der Waals surface area (Å²) in [5.74, 6) is 0.909. The van der Waals surface area contributed by atoms with Gasteiger partial charge < -0.3 is 15.0 Å². The van der Waals surface area contributed by atoms with Crippen LogP contribution >= 0.6 is 0 Å². The van der Waals surface area contributed by atoms with Crippen molar-refractivity contribution in [1.29, 1.82) is 0 Å². The van der Waals surface area contributed by atoms with Crippen LogP contribution in [0.3, 0.4) is 0 Å². The Morgan fingerprint density at radius 3 is 2.31 bits per heavy atom. The summed E-state index contributed by atoms with van der Waals surface area (Å²) in [4.78, 5) is 17.0. The van der Waals surface area contributed by atoms with E-state index in [9.17, 15) is 4.79 Å². The molecule has 0 saturated carbocycles. The number of ether oxygens (including phenoxy) is 1. The van der Waals surface area contributed by atoms with E-state index in [-0.39, 0.29) is 6.03 Å². The van der Waals surface area contributed by atoms with Crippen molar-refractivity contribution in [2.24, 2.45) is 0 Å². The predicted octanol–water partition coefficient (Wildman–Crippen LogP) is 3.63. The van der Waals surface area contributed by atoms with Crippen molar-refractivity contribution >= 4 is 6.03 Å². The Hall–Kier alpha value is -1.75. The van der Waals surface area contributed by atoms with Gasteiger partial charge in [-0.25, -0.2) is 4.79 Å². The average molecular weight is 360 g/mol. The first-order chi connectivity index (χ1) is 12.6. The number of nitrogens with one attached hydrogen (secondary N) is 1. The van der Waals surface area contributed by atoms with Crippen LogP contribution in [0.2, 0.25) is 0 Å². The summed E-state index contributed by atoms with van der Waals surface area (Å²) in [5.41, 5.74) is 1.34. The van der Waals surface area contributed by atoms with Crippen molar-refractivity contribution in [2.45, 2.75) is 70.6 Å². The van der Waals surface area contributed by atoms with Crippen LogP contribution in [-0.4, -0.2) is 54.2 Å². The molecule has 1 aromatic rings. The third kappa shape index (κ3) is 4.32. The summed E-state index contributed by atoms with van der Waals surface area (Å²) in [7, 11) is 1.71. The molecule has 3 rings (SSSR count). The van der Waals surface area contributed by atoms with Crippen molar-refractivity contribution in [1.82, 2.24) is 15.1 Å². The Kier molecular flexibility index (Phi) is 6.41. The highest BCUT2D eigenvalue weighted by molar-refractivity contribution is 5.74. The minimum absolute atomic E-state index is 0.0988. The highest BCUT2D eigenvalue weighted by Gasteiger charge is 2.38. The quantitative estimate of drug-likeness (QED) is 0.843. The van der Waals surface area contributed by atoms with Crippen LogP contribution in [0.25, 0.3) is 0 Å². The molecule has 1 aromatic carbocycles. The number of fused-ring (bicyclic) bond motifs is 2. The first kappa shape index (κ1) is 19.0. The van der Waals surface area contributed by atoms with Gasteiger partial charge in [0.25, 0.3) is 0 Å². The molecule has 2 bridgehead atoms. The van der Waals surface area contributed by atoms with Gasteiger partial charge in [0.1, 0.15) is 5.75 Å². The molecule has 2 aliphatic heterocycles. The maximum atomic E-state index is 12.4. The first-order valence-corrected chi connectivity index (χ1v) is 10.1. The van der Waals surface area contributed by atoms with Gasteiger partial charge >= 0.3 is 6.03 Å². The molecule has 2 heterocycles. The zero-order chi connectivity index (χ0) is 18.5. The molecule has 5 heteroatoms. The fourth-order valence-electron chi connectivity index (χ4n) is 4.57. The van der Waals surface area contributed by atoms with Crippen LogP contribution < -0.4 is 10.1 Å². The molecule has 2 saturated heterocycles. The van der Waals surface area contributed by atoms with Gasteiger partial charge in [0.15, 0.2) is 0 Å². The number of benzene rings is 1. The van der Waals surface area contributed by atoms with E-state index >= 15 is 0 Å². The minimum Gasteiger partial charge on any atom is -0.497 e. The lowest BCUT2D eigenvalue weighted by Gasteiger charge is -2.49. The summed E-state index contributed by atoms with van der Waals surface area (Å²) in [6.45, 7) is 6.61. The topological polar surface area (TPSA) is 44.8 Å². The molecular formula is C21H33N3O2. The maximum absolute atomic E-state index is 12.4. The van der Waals surface area contributed by atoms with Crippen LogP contribution in [-0.2, 0) is 6.54 Å². The molecule has 2 fully saturated rings. The van der Waals surface area contributed by atoms with Crippen molar-refractivity contribution in [3.8, 4) is 5.75 Å². The molecule has 0 aromatic heterocycles. The van der Waals surface area contributed by atoms with Gasteiger partial charge in [-0.1, -0.05) is 18.6 Å². The summed E-state index contributed by atoms with van der Waals surface area (Å²) in [6.07, 6.45) is 5.93. The van der Waals surface area contributed by atoms with Crippen molar-refractivity contribution < 1.29 is 9.53 Å². The SMILES string of the molecule is CCN(CC)C(=O)NC1C[C@H]2CCC[C@@H](C1)N2Cc1ccc(OC)cc1. The molecule has 0 spiro atoms. The number of hydrogen-bond donors (Lipinski definition) is 1. The second-order valence-electron chi connectivity index (χ2n) is 7.55. The van der Waals surface area contributed by atoms with Crippen LogP contribution in [0.5, 0.6) is 5.75 Å². The van der Waals surface area contributed by atoms with Crippen LogP contribution in [0.4, 0.5) is 4.79 Å². The normalized spacial score (nSPS) is 25.6. The van der Waals surface area contributed by atoms with E-state index in [0.717, 1.165) is 38.2 Å². The molecule has 144 valence electrons. The fraction of sp³-hybridized carbons (Fsp3) is 0.667. The lowest BCUT2D eigenvalue weighted by molar-refractivity contribution is 0.0188. The average Bonchev–Trinajstić information content (AvgIpc) is 2.64. The zero-order valence-corrected chi connectivity index (χ0v) is 16.4. The highest BCUT2D eigenvalue weighted by Crippen LogP contribution is 2.35. The number of nitrogens with zero attached hydrogens (tertiary/aromatic N) is 2. The number of urea groups is 1. The second-order valence-corrected chi connectivity index (χ2v) is 7.55. The number of amides is 2. The Morgan fingerprint density at radius 1 is 1.15 bits per heavy atom. The molecular weight excluding hydrogens is 326 g/mol. The van der Waals surface area contributed by atoms with Gasteiger partial charge in [-0.15, -0.1) is 0 Å². The smallest absolute Gasteiger partial charge is 0.317 e. The summed E-state index contributed by atoms with van der Waals surface area (Å²) < 4.78 is 5.26. The maximum Gasteiger partial charge on any atom is 0.317 e. The predicted molar refractivity (Wildman–Crippen MR) is 104 cm³/mol. The van der Waals surface area contributed by atoms with Gasteiger partial charge in [0.05, 0.1) is 7.11 Å². The zero-order valence-electron chi connectivity index (χ0n) is 16.4. The van der Waals surface area contributed by atoms with Gasteiger partial charge in [0, 0.05) is 37.8 Å². The van der Waals surface area contributed by atoms with E-state index in [1.165, 1.54) is 24.8 Å². The monoisotopic (exact) mass is 359 g/mol. The Bertz CT molecular complexity index is 571. The fourth-order valence-corrected chi connectivity index (χ4v) is 4.57. The van der Waals surface area contributed by atoms with E-state index in [0.29, 0.717) is 18.1 Å². The van der Waals surface area contributed by atoms with Crippen molar-refractivity contribution in [3.63, 3.8) is 0 Å². The highest BCUT2D eigenvalue weighted by atomic mass is 16.5. The number of rotatable bonds is 6. The summed E-state index contributed by atoms with van der Waals surface area (Å²) >= 11 is 0. The number of carbonyl (C=O) groups is 1. The van der Waals surface area contributed by atoms with E-state index in [4.69, 9.17) is 4.74 Å². The standard InChI is InChI=1S/C21H33N3O2/c1-4-23(5-2)21(25)22-17-13-18-7-6-8-19(14-17)24(18)15-16-9-11-20(26-3)12-10-16/h9-12,17-19H,4-8,13-15H2,1-3H3,(H,22,25)/t17?,18-,19+. The molecule has 1 unspecified atom stereocenters. The van der Waals surface area contributed by atoms with Gasteiger partial charge in [0.2, 0.25) is 0 Å². The Balaban J connectivity index is 1.61. The molecule has 0 aliphatic carbocycles. The summed E-state index contributed by atoms with van der Waals surface area (Å²) in [5, 5.41) is 3.29. The van der Waals surface area contributed by atoms with E-state index in [1.807, 2.05) is 30.9 Å². The lowest BCUT2D eigenvalue weighted by atomic mass is 9.81. The van der Waals surface area contributed by atoms with E-state index < -0.39 is 0 Å². The number of methoxy groups -OCH3 is 1. The third-order valence-corrected chi connectivity index (χ3v) is 6.03. The van der Waals surface area contributed by atoms with Gasteiger partial charge in [-0.05, 0) is 57.2 Å². The van der Waals surface area contributed by atoms with Gasteiger partial charge in [-0.3, -0.25) is 4.90 Å². The molecule has 2 aliphatic rings. The molecule has 3 atom stereocenters. The van der Waals surface area contributed by atoms with E-state index in [2.05, 4.69) is 22.3 Å². The number of carbonyl (C=O) groups excluding carboxylic acids is 1. The largest absolute Gasteiger partial charge is 0.497 e. The minimum atomic E-state index is 0.0988. The first-order valence-electron chi connectivity index (χ1n) is 10.1. The lowest BCUT2D eigenvalue weighted by Crippen LogP contribution is -2.57. The molecule has 5 nitrogen and oxygen atoms in total. The molecule has 0 radical (unpaired) electrons. The number of hydrogen-bond acceptors (Lipinski definition) is 3. The summed E-state index contributed by atoms with van der Waals surface area (Å²) in [6, 6.07) is 9.99. The van der Waals surface area contributed by atoms with Crippen LogP contribution in [0, 0.1) is 0 Å². The van der Waals surface area contributed by atoms with E-state index in [1.54, 1.807) is 7.11 Å². The van der Waals surface area contributed by atoms with Crippen LogP contribution in [0.1, 0.15) is 51.5 Å². The number of piperidine rings is 2. The molecule has 2 amide bonds. The third-order valence-electron chi connectivity index (χ3n) is 6.03. The second kappa shape index (κ2) is 8.76. The Morgan fingerprint density at radius 2 is 1.77 bits per heavy atom. The van der Waals surface area contributed by atoms with Gasteiger partial charge in [-0.2, -0.15) is 0 Å². The molecule has 26 heavy (non-hydrogen) atoms. The van der Waals surface area contributed by atoms with Crippen molar-refractivity contribution in [3.05, 3.63) is 29.8 Å². The Labute approximate surface area is 157 Å².